The largest absolute Gasteiger partial charge is 0.378 e. The first-order valence-corrected chi connectivity index (χ1v) is 8.28. The van der Waals surface area contributed by atoms with Crippen LogP contribution in [0.5, 0.6) is 0 Å². The van der Waals surface area contributed by atoms with E-state index in [4.69, 9.17) is 10.5 Å². The smallest absolute Gasteiger partial charge is 0.225 e. The molecule has 3 N–H and O–H groups in total. The molecule has 0 aliphatic heterocycles. The Morgan fingerprint density at radius 3 is 2.90 bits per heavy atom. The van der Waals surface area contributed by atoms with Crippen LogP contribution in [0.15, 0.2) is 17.5 Å². The molecule has 1 aliphatic carbocycles. The van der Waals surface area contributed by atoms with E-state index in [2.05, 4.69) is 5.32 Å². The topological polar surface area (TPSA) is 64.3 Å². The lowest BCUT2D eigenvalue weighted by molar-refractivity contribution is -0.120. The van der Waals surface area contributed by atoms with Gasteiger partial charge in [-0.15, -0.1) is 11.3 Å². The fourth-order valence-electron chi connectivity index (χ4n) is 2.44. The van der Waals surface area contributed by atoms with Crippen LogP contribution in [-0.4, -0.2) is 31.2 Å². The van der Waals surface area contributed by atoms with Crippen LogP contribution >= 0.6 is 11.3 Å². The van der Waals surface area contributed by atoms with Gasteiger partial charge in [-0.2, -0.15) is 0 Å². The van der Waals surface area contributed by atoms with Gasteiger partial charge in [-0.3, -0.25) is 4.79 Å². The minimum absolute atomic E-state index is 0.0936. The molecule has 1 aliphatic rings. The average Bonchev–Trinajstić information content (AvgIpc) is 2.93. The van der Waals surface area contributed by atoms with Crippen molar-refractivity contribution in [2.24, 2.45) is 5.73 Å². The number of thiophene rings is 1. The number of hydrogen-bond donors (Lipinski definition) is 2. The Kier molecular flexibility index (Phi) is 6.50. The van der Waals surface area contributed by atoms with Crippen molar-refractivity contribution in [3.63, 3.8) is 0 Å². The first-order chi connectivity index (χ1) is 9.74. The summed E-state index contributed by atoms with van der Waals surface area (Å²) >= 11 is 1.62. The Morgan fingerprint density at radius 2 is 2.20 bits per heavy atom. The van der Waals surface area contributed by atoms with Crippen LogP contribution in [0.2, 0.25) is 0 Å². The van der Waals surface area contributed by atoms with Gasteiger partial charge in [0.1, 0.15) is 0 Å². The number of amides is 1. The first-order valence-electron chi connectivity index (χ1n) is 7.40. The van der Waals surface area contributed by atoms with Gasteiger partial charge in [0.25, 0.3) is 0 Å². The third-order valence-corrected chi connectivity index (χ3v) is 4.51. The molecule has 1 fully saturated rings. The Bertz CT molecular complexity index is 387. The molecule has 5 heteroatoms. The predicted octanol–water partition coefficient (Wildman–Crippen LogP) is 2.08. The highest BCUT2D eigenvalue weighted by atomic mass is 32.1. The van der Waals surface area contributed by atoms with E-state index in [1.165, 1.54) is 0 Å². The zero-order valence-corrected chi connectivity index (χ0v) is 12.7. The highest BCUT2D eigenvalue weighted by Crippen LogP contribution is 2.19. The maximum Gasteiger partial charge on any atom is 0.225 e. The van der Waals surface area contributed by atoms with Gasteiger partial charge >= 0.3 is 0 Å². The molecule has 0 saturated heterocycles. The lowest BCUT2D eigenvalue weighted by Crippen LogP contribution is -2.31. The van der Waals surface area contributed by atoms with Gasteiger partial charge < -0.3 is 15.8 Å². The molecule has 112 valence electrons. The van der Waals surface area contributed by atoms with Crippen molar-refractivity contribution in [2.75, 3.05) is 13.2 Å². The number of nitrogens with two attached hydrogens (primary N) is 1. The zero-order chi connectivity index (χ0) is 14.2. The van der Waals surface area contributed by atoms with Crippen molar-refractivity contribution in [2.45, 2.75) is 50.7 Å². The summed E-state index contributed by atoms with van der Waals surface area (Å²) in [7, 11) is 0. The van der Waals surface area contributed by atoms with Crippen molar-refractivity contribution in [3.8, 4) is 0 Å². The van der Waals surface area contributed by atoms with E-state index >= 15 is 0 Å². The van der Waals surface area contributed by atoms with Crippen LogP contribution in [-0.2, 0) is 16.0 Å². The van der Waals surface area contributed by atoms with Gasteiger partial charge in [-0.25, -0.2) is 0 Å². The Labute approximate surface area is 124 Å². The van der Waals surface area contributed by atoms with E-state index in [1.54, 1.807) is 11.3 Å². The Morgan fingerprint density at radius 1 is 1.40 bits per heavy atom. The summed E-state index contributed by atoms with van der Waals surface area (Å²) in [6.45, 7) is 1.41. The Hall–Kier alpha value is -0.910. The molecule has 1 amide bonds. The van der Waals surface area contributed by atoms with Gasteiger partial charge in [0.15, 0.2) is 0 Å². The van der Waals surface area contributed by atoms with Crippen LogP contribution in [0, 0.1) is 0 Å². The van der Waals surface area contributed by atoms with Gasteiger partial charge in [0.2, 0.25) is 5.91 Å². The summed E-state index contributed by atoms with van der Waals surface area (Å²) in [6.07, 6.45) is 6.02. The van der Waals surface area contributed by atoms with Crippen LogP contribution in [0.4, 0.5) is 0 Å². The monoisotopic (exact) mass is 296 g/mol. The minimum Gasteiger partial charge on any atom is -0.378 e. The van der Waals surface area contributed by atoms with E-state index in [-0.39, 0.29) is 5.91 Å². The van der Waals surface area contributed by atoms with Crippen molar-refractivity contribution in [3.05, 3.63) is 22.4 Å². The minimum atomic E-state index is 0.0936. The molecular weight excluding hydrogens is 272 g/mol. The summed E-state index contributed by atoms with van der Waals surface area (Å²) < 4.78 is 5.81. The highest BCUT2D eigenvalue weighted by molar-refractivity contribution is 7.10. The standard InChI is InChI=1S/C15H24N2O2S/c16-12-4-6-13(7-5-12)19-9-2-8-17-15(18)11-14-3-1-10-20-14/h1,3,10,12-13H,2,4-9,11,16H2,(H,17,18). The average molecular weight is 296 g/mol. The SMILES string of the molecule is NC1CCC(OCCCNC(=O)Cc2cccs2)CC1. The van der Waals surface area contributed by atoms with Crippen molar-refractivity contribution in [1.82, 2.24) is 5.32 Å². The van der Waals surface area contributed by atoms with Crippen LogP contribution < -0.4 is 11.1 Å². The van der Waals surface area contributed by atoms with Crippen LogP contribution in [0.3, 0.4) is 0 Å². The fraction of sp³-hybridized carbons (Fsp3) is 0.667. The van der Waals surface area contributed by atoms with Crippen LogP contribution in [0.1, 0.15) is 37.0 Å². The molecule has 4 nitrogen and oxygen atoms in total. The molecule has 0 bridgehead atoms. The molecule has 1 aromatic heterocycles. The summed E-state index contributed by atoms with van der Waals surface area (Å²) in [5, 5.41) is 4.93. The second-order valence-corrected chi connectivity index (χ2v) is 6.40. The second kappa shape index (κ2) is 8.39. The van der Waals surface area contributed by atoms with Crippen molar-refractivity contribution in [1.29, 1.82) is 0 Å². The van der Waals surface area contributed by atoms with Crippen molar-refractivity contribution < 1.29 is 9.53 Å². The molecule has 1 saturated carbocycles. The number of rotatable bonds is 7. The number of carbonyl (C=O) groups is 1. The molecule has 0 radical (unpaired) electrons. The predicted molar refractivity (Wildman–Crippen MR) is 81.8 cm³/mol. The number of hydrogen-bond acceptors (Lipinski definition) is 4. The number of nitrogens with one attached hydrogen (secondary N) is 1. The molecule has 20 heavy (non-hydrogen) atoms. The summed E-state index contributed by atoms with van der Waals surface area (Å²) in [5.41, 5.74) is 5.86. The normalized spacial score (nSPS) is 22.6. The van der Waals surface area contributed by atoms with E-state index in [1.807, 2.05) is 17.5 Å². The summed E-state index contributed by atoms with van der Waals surface area (Å²) in [6, 6.07) is 4.32. The lowest BCUT2D eigenvalue weighted by Gasteiger charge is -2.26. The number of carbonyl (C=O) groups excluding carboxylic acids is 1. The third kappa shape index (κ3) is 5.61. The molecule has 1 aromatic rings. The maximum absolute atomic E-state index is 11.7. The number of ether oxygens (including phenoxy) is 1. The zero-order valence-electron chi connectivity index (χ0n) is 11.8. The summed E-state index contributed by atoms with van der Waals surface area (Å²) in [4.78, 5) is 12.8. The Balaban J connectivity index is 1.48. The highest BCUT2D eigenvalue weighted by Gasteiger charge is 2.18. The molecule has 0 spiro atoms. The van der Waals surface area contributed by atoms with E-state index < -0.39 is 0 Å². The van der Waals surface area contributed by atoms with E-state index in [0.717, 1.165) is 43.6 Å². The lowest BCUT2D eigenvalue weighted by atomic mass is 9.94. The van der Waals surface area contributed by atoms with E-state index in [0.29, 0.717) is 25.1 Å². The van der Waals surface area contributed by atoms with Gasteiger partial charge in [-0.1, -0.05) is 6.07 Å². The van der Waals surface area contributed by atoms with Gasteiger partial charge in [0.05, 0.1) is 12.5 Å². The summed E-state index contributed by atoms with van der Waals surface area (Å²) in [5.74, 6) is 0.0936. The van der Waals surface area contributed by atoms with Crippen molar-refractivity contribution >= 4 is 17.2 Å². The molecule has 1 heterocycles. The molecule has 0 unspecified atom stereocenters. The van der Waals surface area contributed by atoms with Crippen LogP contribution in [0.25, 0.3) is 0 Å². The first kappa shape index (κ1) is 15.5. The molecule has 0 aromatic carbocycles. The molecule has 2 rings (SSSR count). The maximum atomic E-state index is 11.7. The molecule has 0 atom stereocenters. The molecular formula is C15H24N2O2S. The second-order valence-electron chi connectivity index (χ2n) is 5.37. The van der Waals surface area contributed by atoms with E-state index in [9.17, 15) is 4.79 Å². The third-order valence-electron chi connectivity index (χ3n) is 3.63. The quantitative estimate of drug-likeness (QED) is 0.757. The van der Waals surface area contributed by atoms with Gasteiger partial charge in [0, 0.05) is 24.1 Å². The fourth-order valence-corrected chi connectivity index (χ4v) is 3.14. The van der Waals surface area contributed by atoms with Gasteiger partial charge in [-0.05, 0) is 43.6 Å².